The first-order valence-electron chi connectivity index (χ1n) is 4.66. The molecule has 0 saturated heterocycles. The van der Waals surface area contributed by atoms with Crippen molar-refractivity contribution >= 4 is 12.6 Å². The van der Waals surface area contributed by atoms with Crippen molar-refractivity contribution < 1.29 is 0 Å². The van der Waals surface area contributed by atoms with Crippen LogP contribution in [0.3, 0.4) is 0 Å². The second-order valence-electron chi connectivity index (χ2n) is 3.30. The maximum absolute atomic E-state index is 4.19. The van der Waals surface area contributed by atoms with E-state index in [4.69, 9.17) is 0 Å². The Balaban J connectivity index is 2.32. The summed E-state index contributed by atoms with van der Waals surface area (Å²) in [5.74, 6) is 0.971. The summed E-state index contributed by atoms with van der Waals surface area (Å²) in [6.07, 6.45) is 1.16. The first-order chi connectivity index (χ1) is 6.33. The molecule has 0 aliphatic heterocycles. The van der Waals surface area contributed by atoms with Crippen molar-refractivity contribution in [2.24, 2.45) is 0 Å². The maximum Gasteiger partial charge on any atom is 0.0230 e. The zero-order valence-electron chi connectivity index (χ0n) is 8.11. The first kappa shape index (κ1) is 10.6. The van der Waals surface area contributed by atoms with E-state index >= 15 is 0 Å². The molecule has 0 atom stereocenters. The molecule has 0 fully saturated rings. The lowest BCUT2D eigenvalue weighted by atomic mass is 10.2. The Morgan fingerprint density at radius 2 is 1.92 bits per heavy atom. The average molecular weight is 195 g/mol. The van der Waals surface area contributed by atoms with E-state index in [1.165, 1.54) is 5.56 Å². The normalized spacial score (nSPS) is 10.7. The number of hydrogen-bond acceptors (Lipinski definition) is 2. The topological polar surface area (TPSA) is 3.24 Å². The fraction of sp³-hybridized carbons (Fsp3) is 0.455. The Morgan fingerprint density at radius 3 is 2.54 bits per heavy atom. The van der Waals surface area contributed by atoms with Crippen LogP contribution in [0.15, 0.2) is 30.3 Å². The van der Waals surface area contributed by atoms with E-state index in [2.05, 4.69) is 54.9 Å². The summed E-state index contributed by atoms with van der Waals surface area (Å²) in [4.78, 5) is 2.32. The molecular weight excluding hydrogens is 178 g/mol. The van der Waals surface area contributed by atoms with Gasteiger partial charge in [-0.3, -0.25) is 0 Å². The largest absolute Gasteiger partial charge is 0.302 e. The van der Waals surface area contributed by atoms with Crippen LogP contribution < -0.4 is 0 Å². The van der Waals surface area contributed by atoms with Crippen molar-refractivity contribution in [1.29, 1.82) is 0 Å². The predicted octanol–water partition coefficient (Wildman–Crippen LogP) is 2.44. The molecule has 1 aromatic carbocycles. The average Bonchev–Trinajstić information content (AvgIpc) is 2.16. The molecule has 0 aromatic heterocycles. The third-order valence-electron chi connectivity index (χ3n) is 1.99. The fourth-order valence-corrected chi connectivity index (χ4v) is 1.46. The van der Waals surface area contributed by atoms with Gasteiger partial charge >= 0.3 is 0 Å². The molecule has 0 aliphatic rings. The summed E-state index contributed by atoms with van der Waals surface area (Å²) in [5.41, 5.74) is 1.38. The number of nitrogens with zero attached hydrogens (tertiary/aromatic N) is 1. The highest BCUT2D eigenvalue weighted by Gasteiger charge is 1.97. The molecule has 0 saturated carbocycles. The van der Waals surface area contributed by atoms with Gasteiger partial charge in [0.15, 0.2) is 0 Å². The second kappa shape index (κ2) is 6.06. The van der Waals surface area contributed by atoms with Crippen molar-refractivity contribution in [3.05, 3.63) is 35.9 Å². The summed E-state index contributed by atoms with van der Waals surface area (Å²) < 4.78 is 0. The molecule has 1 aromatic rings. The van der Waals surface area contributed by atoms with E-state index in [-0.39, 0.29) is 0 Å². The number of rotatable bonds is 5. The number of thiol groups is 1. The highest BCUT2D eigenvalue weighted by Crippen LogP contribution is 2.02. The molecule has 2 heteroatoms. The maximum atomic E-state index is 4.19. The van der Waals surface area contributed by atoms with Crippen molar-refractivity contribution in [3.8, 4) is 0 Å². The molecule has 1 nitrogen and oxygen atoms in total. The zero-order valence-corrected chi connectivity index (χ0v) is 9.00. The van der Waals surface area contributed by atoms with Crippen LogP contribution in [0.5, 0.6) is 0 Å². The molecule has 0 unspecified atom stereocenters. The van der Waals surface area contributed by atoms with Gasteiger partial charge in [0.1, 0.15) is 0 Å². The van der Waals surface area contributed by atoms with Gasteiger partial charge in [-0.25, -0.2) is 0 Å². The molecular formula is C11H17NS. The van der Waals surface area contributed by atoms with Gasteiger partial charge < -0.3 is 4.90 Å². The van der Waals surface area contributed by atoms with E-state index in [1.807, 2.05) is 0 Å². The van der Waals surface area contributed by atoms with E-state index < -0.39 is 0 Å². The Labute approximate surface area is 86.2 Å². The third kappa shape index (κ3) is 4.34. The van der Waals surface area contributed by atoms with Crippen LogP contribution in [0.4, 0.5) is 0 Å². The molecule has 0 heterocycles. The van der Waals surface area contributed by atoms with Crippen molar-refractivity contribution in [2.75, 3.05) is 19.3 Å². The van der Waals surface area contributed by atoms with Crippen LogP contribution in [0, 0.1) is 0 Å². The molecule has 13 heavy (non-hydrogen) atoms. The van der Waals surface area contributed by atoms with Crippen LogP contribution in [0.2, 0.25) is 0 Å². The first-order valence-corrected chi connectivity index (χ1v) is 5.29. The van der Waals surface area contributed by atoms with Crippen molar-refractivity contribution in [3.63, 3.8) is 0 Å². The highest BCUT2D eigenvalue weighted by atomic mass is 32.1. The lowest BCUT2D eigenvalue weighted by Crippen LogP contribution is -2.19. The number of benzene rings is 1. The summed E-state index contributed by atoms with van der Waals surface area (Å²) in [7, 11) is 2.15. The molecule has 0 bridgehead atoms. The van der Waals surface area contributed by atoms with E-state index in [9.17, 15) is 0 Å². The third-order valence-corrected chi connectivity index (χ3v) is 2.31. The van der Waals surface area contributed by atoms with Gasteiger partial charge in [0, 0.05) is 6.54 Å². The lowest BCUT2D eigenvalue weighted by Gasteiger charge is -2.15. The van der Waals surface area contributed by atoms with E-state index in [0.29, 0.717) is 0 Å². The second-order valence-corrected chi connectivity index (χ2v) is 3.75. The zero-order chi connectivity index (χ0) is 9.52. The standard InChI is InChI=1S/C11H17NS/c1-12(8-5-9-13)10-11-6-3-2-4-7-11/h2-4,6-7,13H,5,8-10H2,1H3. The van der Waals surface area contributed by atoms with Gasteiger partial charge in [0.2, 0.25) is 0 Å². The Bertz CT molecular complexity index is 223. The van der Waals surface area contributed by atoms with Crippen LogP contribution in [0.25, 0.3) is 0 Å². The number of hydrogen-bond donors (Lipinski definition) is 1. The van der Waals surface area contributed by atoms with E-state index in [0.717, 1.165) is 25.3 Å². The van der Waals surface area contributed by atoms with Crippen LogP contribution >= 0.6 is 12.6 Å². The van der Waals surface area contributed by atoms with Crippen molar-refractivity contribution in [2.45, 2.75) is 13.0 Å². The monoisotopic (exact) mass is 195 g/mol. The lowest BCUT2D eigenvalue weighted by molar-refractivity contribution is 0.328. The van der Waals surface area contributed by atoms with Gasteiger partial charge in [-0.2, -0.15) is 12.6 Å². The highest BCUT2D eigenvalue weighted by molar-refractivity contribution is 7.80. The smallest absolute Gasteiger partial charge is 0.0230 e. The minimum atomic E-state index is 0.971. The van der Waals surface area contributed by atoms with Gasteiger partial charge in [-0.15, -0.1) is 0 Å². The Kier molecular flexibility index (Phi) is 4.94. The quantitative estimate of drug-likeness (QED) is 0.706. The molecule has 0 aliphatic carbocycles. The Morgan fingerprint density at radius 1 is 1.23 bits per heavy atom. The molecule has 0 N–H and O–H groups in total. The van der Waals surface area contributed by atoms with Crippen LogP contribution in [0.1, 0.15) is 12.0 Å². The van der Waals surface area contributed by atoms with Crippen LogP contribution in [-0.4, -0.2) is 24.2 Å². The van der Waals surface area contributed by atoms with Crippen LogP contribution in [-0.2, 0) is 6.54 Å². The van der Waals surface area contributed by atoms with Gasteiger partial charge in [-0.1, -0.05) is 30.3 Å². The van der Waals surface area contributed by atoms with Gasteiger partial charge in [0.25, 0.3) is 0 Å². The molecule has 0 spiro atoms. The predicted molar refractivity (Wildman–Crippen MR) is 61.2 cm³/mol. The summed E-state index contributed by atoms with van der Waals surface area (Å²) in [5, 5.41) is 0. The summed E-state index contributed by atoms with van der Waals surface area (Å²) in [6, 6.07) is 10.6. The van der Waals surface area contributed by atoms with Gasteiger partial charge in [0.05, 0.1) is 0 Å². The SMILES string of the molecule is CN(CCCS)Cc1ccccc1. The molecule has 0 amide bonds. The molecule has 72 valence electrons. The Hall–Kier alpha value is -0.470. The van der Waals surface area contributed by atoms with Gasteiger partial charge in [-0.05, 0) is 31.3 Å². The minimum absolute atomic E-state index is 0.971. The minimum Gasteiger partial charge on any atom is -0.302 e. The van der Waals surface area contributed by atoms with E-state index in [1.54, 1.807) is 0 Å². The fourth-order valence-electron chi connectivity index (χ4n) is 1.31. The molecule has 1 rings (SSSR count). The van der Waals surface area contributed by atoms with Crippen molar-refractivity contribution in [1.82, 2.24) is 4.90 Å². The molecule has 0 radical (unpaired) electrons. The summed E-state index contributed by atoms with van der Waals surface area (Å²) >= 11 is 4.19. The summed E-state index contributed by atoms with van der Waals surface area (Å²) in [6.45, 7) is 2.16.